The molecule has 3 nitrogen and oxygen atoms in total. The van der Waals surface area contributed by atoms with E-state index in [1.807, 2.05) is 13.8 Å². The molecule has 1 rings (SSSR count). The lowest BCUT2D eigenvalue weighted by Gasteiger charge is -2.05. The third-order valence-electron chi connectivity index (χ3n) is 1.37. The van der Waals surface area contributed by atoms with E-state index >= 15 is 0 Å². The highest BCUT2D eigenvalue weighted by molar-refractivity contribution is 7.09. The Morgan fingerprint density at radius 3 is 2.90 bits per heavy atom. The molecule has 0 aromatic carbocycles. The average molecular weight is 158 g/mol. The minimum Gasteiger partial charge on any atom is -0.316 e. The number of hydrogen-bond acceptors (Lipinski definition) is 4. The summed E-state index contributed by atoms with van der Waals surface area (Å²) in [7, 11) is 0. The van der Waals surface area contributed by atoms with Crippen LogP contribution in [0.5, 0.6) is 0 Å². The minimum atomic E-state index is -0.00694. The Hall–Kier alpha value is -0.450. The van der Waals surface area contributed by atoms with Gasteiger partial charge in [-0.05, 0) is 13.8 Å². The molecule has 0 bridgehead atoms. The second-order valence-corrected chi connectivity index (χ2v) is 3.04. The second kappa shape index (κ2) is 3.09. The molecule has 1 aromatic rings. The van der Waals surface area contributed by atoms with E-state index in [1.165, 1.54) is 0 Å². The first-order valence-electron chi connectivity index (χ1n) is 3.05. The third-order valence-corrected chi connectivity index (χ3v) is 2.48. The summed E-state index contributed by atoms with van der Waals surface area (Å²) in [6, 6.07) is -0.00694. The van der Waals surface area contributed by atoms with Gasteiger partial charge in [0.25, 0.3) is 0 Å². The Labute approximate surface area is 63.7 Å². The highest BCUT2D eigenvalue weighted by Gasteiger charge is 2.08. The zero-order chi connectivity index (χ0) is 7.56. The zero-order valence-corrected chi connectivity index (χ0v) is 6.77. The molecule has 0 amide bonds. The van der Waals surface area contributed by atoms with E-state index in [0.717, 1.165) is 10.6 Å². The molecule has 1 atom stereocenters. The van der Waals surface area contributed by atoms with E-state index in [-0.39, 0.29) is 6.04 Å². The molecular weight excluding hydrogens is 148 g/mol. The van der Waals surface area contributed by atoms with Crippen molar-refractivity contribution in [2.45, 2.75) is 19.9 Å². The van der Waals surface area contributed by atoms with Crippen molar-refractivity contribution < 1.29 is 5.21 Å². The van der Waals surface area contributed by atoms with Gasteiger partial charge in [-0.15, -0.1) is 11.3 Å². The van der Waals surface area contributed by atoms with Crippen molar-refractivity contribution in [1.82, 2.24) is 10.5 Å². The lowest BCUT2D eigenvalue weighted by molar-refractivity contribution is 0.134. The van der Waals surface area contributed by atoms with Crippen molar-refractivity contribution in [3.63, 3.8) is 0 Å². The third kappa shape index (κ3) is 1.34. The number of rotatable bonds is 2. The minimum absolute atomic E-state index is 0.00694. The molecule has 0 aliphatic heterocycles. The van der Waals surface area contributed by atoms with Crippen LogP contribution in [0.2, 0.25) is 0 Å². The smallest absolute Gasteiger partial charge is 0.0798 e. The summed E-state index contributed by atoms with van der Waals surface area (Å²) in [5.41, 5.74) is 4.94. The van der Waals surface area contributed by atoms with Gasteiger partial charge in [-0.1, -0.05) is 0 Å². The van der Waals surface area contributed by atoms with Crippen LogP contribution in [-0.2, 0) is 0 Å². The molecule has 0 fully saturated rings. The van der Waals surface area contributed by atoms with Crippen LogP contribution in [0.3, 0.4) is 0 Å². The molecule has 0 aliphatic carbocycles. The van der Waals surface area contributed by atoms with Crippen LogP contribution in [0.4, 0.5) is 0 Å². The van der Waals surface area contributed by atoms with Gasteiger partial charge >= 0.3 is 0 Å². The molecule has 2 N–H and O–H groups in total. The van der Waals surface area contributed by atoms with Crippen molar-refractivity contribution in [3.8, 4) is 0 Å². The first-order valence-corrected chi connectivity index (χ1v) is 3.93. The van der Waals surface area contributed by atoms with E-state index < -0.39 is 0 Å². The fraction of sp³-hybridized carbons (Fsp3) is 0.500. The van der Waals surface area contributed by atoms with Gasteiger partial charge < -0.3 is 5.21 Å². The Morgan fingerprint density at radius 2 is 2.50 bits per heavy atom. The molecular formula is C6H10N2OS. The molecule has 1 unspecified atom stereocenters. The van der Waals surface area contributed by atoms with Crippen LogP contribution in [-0.4, -0.2) is 10.2 Å². The Kier molecular flexibility index (Phi) is 2.37. The van der Waals surface area contributed by atoms with Gasteiger partial charge in [-0.3, -0.25) is 0 Å². The SMILES string of the molecule is Cc1ncsc1C(C)NO. The summed E-state index contributed by atoms with van der Waals surface area (Å²) < 4.78 is 0. The summed E-state index contributed by atoms with van der Waals surface area (Å²) in [6.45, 7) is 3.82. The van der Waals surface area contributed by atoms with E-state index in [4.69, 9.17) is 5.21 Å². The zero-order valence-electron chi connectivity index (χ0n) is 5.96. The molecule has 0 radical (unpaired) electrons. The normalized spacial score (nSPS) is 13.5. The molecule has 1 heterocycles. The monoisotopic (exact) mass is 158 g/mol. The summed E-state index contributed by atoms with van der Waals surface area (Å²) in [6.07, 6.45) is 0. The predicted molar refractivity (Wildman–Crippen MR) is 40.2 cm³/mol. The van der Waals surface area contributed by atoms with Crippen molar-refractivity contribution >= 4 is 11.3 Å². The van der Waals surface area contributed by atoms with E-state index in [9.17, 15) is 0 Å². The van der Waals surface area contributed by atoms with Gasteiger partial charge in [-0.2, -0.15) is 5.48 Å². The molecule has 56 valence electrons. The lowest BCUT2D eigenvalue weighted by atomic mass is 10.2. The molecule has 0 aliphatic rings. The highest BCUT2D eigenvalue weighted by Crippen LogP contribution is 2.19. The average Bonchev–Trinajstić information content (AvgIpc) is 2.34. The summed E-state index contributed by atoms with van der Waals surface area (Å²) in [4.78, 5) is 5.14. The van der Waals surface area contributed by atoms with Crippen molar-refractivity contribution in [3.05, 3.63) is 16.1 Å². The maximum atomic E-state index is 8.56. The molecule has 1 aromatic heterocycles. The Balaban J connectivity index is 2.82. The van der Waals surface area contributed by atoms with Gasteiger partial charge in [-0.25, -0.2) is 4.98 Å². The number of hydroxylamine groups is 1. The van der Waals surface area contributed by atoms with Crippen molar-refractivity contribution in [2.75, 3.05) is 0 Å². The van der Waals surface area contributed by atoms with Crippen LogP contribution >= 0.6 is 11.3 Å². The van der Waals surface area contributed by atoms with Crippen LogP contribution in [0.15, 0.2) is 5.51 Å². The number of hydrogen-bond donors (Lipinski definition) is 2. The van der Waals surface area contributed by atoms with Crippen LogP contribution in [0.25, 0.3) is 0 Å². The van der Waals surface area contributed by atoms with Gasteiger partial charge in [0.15, 0.2) is 0 Å². The van der Waals surface area contributed by atoms with Crippen LogP contribution < -0.4 is 5.48 Å². The van der Waals surface area contributed by atoms with Crippen LogP contribution in [0, 0.1) is 6.92 Å². The predicted octanol–water partition coefficient (Wildman–Crippen LogP) is 1.49. The maximum absolute atomic E-state index is 8.56. The standard InChI is InChI=1S/C6H10N2OS/c1-4-6(5(2)8-9)10-3-7-4/h3,5,8-9H,1-2H3. The fourth-order valence-corrected chi connectivity index (χ4v) is 1.59. The summed E-state index contributed by atoms with van der Waals surface area (Å²) >= 11 is 1.55. The lowest BCUT2D eigenvalue weighted by Crippen LogP contribution is -2.12. The summed E-state index contributed by atoms with van der Waals surface area (Å²) in [5.74, 6) is 0. The van der Waals surface area contributed by atoms with E-state index in [1.54, 1.807) is 16.8 Å². The molecule has 4 heteroatoms. The quantitative estimate of drug-likeness (QED) is 0.641. The Morgan fingerprint density at radius 1 is 1.80 bits per heavy atom. The molecule has 0 saturated carbocycles. The van der Waals surface area contributed by atoms with E-state index in [0.29, 0.717) is 0 Å². The molecule has 0 saturated heterocycles. The second-order valence-electron chi connectivity index (χ2n) is 2.15. The van der Waals surface area contributed by atoms with Crippen molar-refractivity contribution in [1.29, 1.82) is 0 Å². The van der Waals surface area contributed by atoms with E-state index in [2.05, 4.69) is 10.5 Å². The highest BCUT2D eigenvalue weighted by atomic mass is 32.1. The maximum Gasteiger partial charge on any atom is 0.0798 e. The van der Waals surface area contributed by atoms with Crippen molar-refractivity contribution in [2.24, 2.45) is 0 Å². The number of aryl methyl sites for hydroxylation is 1. The number of thiazole rings is 1. The van der Waals surface area contributed by atoms with Gasteiger partial charge in [0.2, 0.25) is 0 Å². The van der Waals surface area contributed by atoms with Gasteiger partial charge in [0.1, 0.15) is 0 Å². The topological polar surface area (TPSA) is 45.2 Å². The first-order chi connectivity index (χ1) is 4.75. The number of aromatic nitrogens is 1. The first kappa shape index (κ1) is 7.65. The van der Waals surface area contributed by atoms with Crippen LogP contribution in [0.1, 0.15) is 23.5 Å². The Bertz CT molecular complexity index is 211. The van der Waals surface area contributed by atoms with Gasteiger partial charge in [0, 0.05) is 4.88 Å². The molecule has 0 spiro atoms. The largest absolute Gasteiger partial charge is 0.316 e. The fourth-order valence-electron chi connectivity index (χ4n) is 0.785. The number of nitrogens with zero attached hydrogens (tertiary/aromatic N) is 1. The molecule has 10 heavy (non-hydrogen) atoms. The number of nitrogens with one attached hydrogen (secondary N) is 1. The summed E-state index contributed by atoms with van der Waals surface area (Å²) in [5, 5.41) is 8.56. The van der Waals surface area contributed by atoms with Gasteiger partial charge in [0.05, 0.1) is 17.2 Å².